The number of aromatic hydroxyl groups is 2. The summed E-state index contributed by atoms with van der Waals surface area (Å²) in [6.45, 7) is -2.38. The number of phenols is 2. The molecule has 0 amide bonds. The number of hydrogen-bond donors (Lipinski definition) is 9. The number of carbonyl (C=O) groups is 1. The quantitative estimate of drug-likeness (QED) is 0.0941. The van der Waals surface area contributed by atoms with Gasteiger partial charge in [-0.05, 0) is 23.8 Å². The average Bonchev–Trinajstić information content (AvgIpc) is 3.09. The van der Waals surface area contributed by atoms with Crippen LogP contribution in [0.1, 0.15) is 5.56 Å². The molecule has 0 spiro atoms. The van der Waals surface area contributed by atoms with Crippen molar-refractivity contribution in [3.63, 3.8) is 0 Å². The van der Waals surface area contributed by atoms with E-state index in [1.807, 2.05) is 0 Å². The second kappa shape index (κ2) is 11.1. The van der Waals surface area contributed by atoms with Crippen LogP contribution in [-0.4, -0.2) is 127 Å². The topological polar surface area (TPSA) is 236 Å². The SMILES string of the molecule is O=C(/C=C/c1ccc(O)c(O)c1)OCC1OC(OC2(CO)OC(CO)C(O)C2O)C(O)C(O)C1O. The van der Waals surface area contributed by atoms with Gasteiger partial charge in [0.1, 0.15) is 55.9 Å². The minimum Gasteiger partial charge on any atom is -0.504 e. The Hall–Kier alpha value is -2.37. The van der Waals surface area contributed by atoms with Crippen molar-refractivity contribution < 1.29 is 69.7 Å². The Morgan fingerprint density at radius 1 is 0.971 bits per heavy atom. The normalized spacial score (nSPS) is 37.6. The number of esters is 1. The van der Waals surface area contributed by atoms with E-state index in [-0.39, 0.29) is 5.75 Å². The van der Waals surface area contributed by atoms with Crippen molar-refractivity contribution in [3.8, 4) is 11.5 Å². The molecule has 2 aliphatic heterocycles. The molecule has 2 aliphatic rings. The van der Waals surface area contributed by atoms with Crippen LogP contribution in [0.25, 0.3) is 6.08 Å². The molecule has 14 nitrogen and oxygen atoms in total. The largest absolute Gasteiger partial charge is 0.504 e. The smallest absolute Gasteiger partial charge is 0.330 e. The molecule has 9 atom stereocenters. The summed E-state index contributed by atoms with van der Waals surface area (Å²) in [5, 5.41) is 88.6. The number of hydrogen-bond acceptors (Lipinski definition) is 14. The van der Waals surface area contributed by atoms with Crippen LogP contribution in [0.15, 0.2) is 24.3 Å². The van der Waals surface area contributed by atoms with Crippen LogP contribution in [0, 0.1) is 0 Å². The maximum absolute atomic E-state index is 12.0. The second-order valence-corrected chi connectivity index (χ2v) is 8.09. The molecule has 1 aromatic carbocycles. The van der Waals surface area contributed by atoms with Crippen molar-refractivity contribution in [3.05, 3.63) is 29.8 Å². The van der Waals surface area contributed by atoms with E-state index < -0.39 is 86.3 Å². The number of ether oxygens (including phenoxy) is 4. The highest BCUT2D eigenvalue weighted by Gasteiger charge is 2.58. The Bertz CT molecular complexity index is 908. The number of phenolic OH excluding ortho intramolecular Hbond substituents is 2. The molecule has 0 bridgehead atoms. The predicted molar refractivity (Wildman–Crippen MR) is 111 cm³/mol. The van der Waals surface area contributed by atoms with Crippen LogP contribution < -0.4 is 0 Å². The van der Waals surface area contributed by atoms with Crippen LogP contribution >= 0.6 is 0 Å². The number of rotatable bonds is 8. The van der Waals surface area contributed by atoms with Crippen LogP contribution in [0.3, 0.4) is 0 Å². The molecule has 9 unspecified atom stereocenters. The molecule has 14 heteroatoms. The lowest BCUT2D eigenvalue weighted by atomic mass is 9.99. The van der Waals surface area contributed by atoms with Gasteiger partial charge in [-0.2, -0.15) is 0 Å². The van der Waals surface area contributed by atoms with Gasteiger partial charge in [0.15, 0.2) is 17.8 Å². The van der Waals surface area contributed by atoms with Gasteiger partial charge in [0, 0.05) is 6.08 Å². The van der Waals surface area contributed by atoms with Crippen molar-refractivity contribution in [2.24, 2.45) is 0 Å². The van der Waals surface area contributed by atoms with E-state index in [2.05, 4.69) is 0 Å². The lowest BCUT2D eigenvalue weighted by Gasteiger charge is -2.43. The third-order valence-corrected chi connectivity index (χ3v) is 5.69. The van der Waals surface area contributed by atoms with E-state index >= 15 is 0 Å². The fourth-order valence-corrected chi connectivity index (χ4v) is 3.64. The number of aliphatic hydroxyl groups excluding tert-OH is 7. The van der Waals surface area contributed by atoms with Crippen molar-refractivity contribution in [1.82, 2.24) is 0 Å². The van der Waals surface area contributed by atoms with E-state index in [1.165, 1.54) is 24.3 Å². The summed E-state index contributed by atoms with van der Waals surface area (Å²) in [4.78, 5) is 12.0. The van der Waals surface area contributed by atoms with Crippen LogP contribution in [0.5, 0.6) is 11.5 Å². The van der Waals surface area contributed by atoms with Gasteiger partial charge in [-0.1, -0.05) is 6.07 Å². The number of carbonyl (C=O) groups excluding carboxylic acids is 1. The molecule has 0 aromatic heterocycles. The maximum Gasteiger partial charge on any atom is 0.330 e. The first-order chi connectivity index (χ1) is 16.5. The van der Waals surface area contributed by atoms with Gasteiger partial charge in [-0.3, -0.25) is 0 Å². The molecule has 9 N–H and O–H groups in total. The highest BCUT2D eigenvalue weighted by Crippen LogP contribution is 2.36. The summed E-state index contributed by atoms with van der Waals surface area (Å²) in [5.74, 6) is -3.97. The first-order valence-electron chi connectivity index (χ1n) is 10.5. The summed E-state index contributed by atoms with van der Waals surface area (Å²) in [6, 6.07) is 3.83. The molecule has 1 aromatic rings. The minimum atomic E-state index is -2.33. The number of benzene rings is 1. The van der Waals surface area contributed by atoms with E-state index in [0.717, 1.165) is 6.08 Å². The second-order valence-electron chi connectivity index (χ2n) is 8.09. The predicted octanol–water partition coefficient (Wildman–Crippen LogP) is -3.72. The standard InChI is InChI=1S/C21H28O14/c22-6-12-16(28)19(31)21(8-23,34-12)35-20-18(30)17(29)15(27)13(33-20)7-32-14(26)4-2-9-1-3-10(24)11(25)5-9/h1-5,12-13,15-20,22-25,27-31H,6-8H2/b4-2+. The lowest BCUT2D eigenvalue weighted by molar-refractivity contribution is -0.383. The molecular formula is C21H28O14. The monoisotopic (exact) mass is 504 g/mol. The Morgan fingerprint density at radius 3 is 2.29 bits per heavy atom. The summed E-state index contributed by atoms with van der Waals surface area (Å²) >= 11 is 0. The van der Waals surface area contributed by atoms with Gasteiger partial charge in [0.05, 0.1) is 6.61 Å². The molecule has 2 saturated heterocycles. The Balaban J connectivity index is 1.64. The molecule has 3 rings (SSSR count). The Labute approximate surface area is 198 Å². The summed E-state index contributed by atoms with van der Waals surface area (Å²) in [5.41, 5.74) is 0.367. The molecule has 2 fully saturated rings. The van der Waals surface area contributed by atoms with Crippen LogP contribution in [0.2, 0.25) is 0 Å². The summed E-state index contributed by atoms with van der Waals surface area (Å²) < 4.78 is 20.9. The van der Waals surface area contributed by atoms with E-state index in [1.54, 1.807) is 0 Å². The molecule has 0 saturated carbocycles. The zero-order valence-corrected chi connectivity index (χ0v) is 18.2. The summed E-state index contributed by atoms with van der Waals surface area (Å²) in [7, 11) is 0. The van der Waals surface area contributed by atoms with E-state index in [9.17, 15) is 50.8 Å². The van der Waals surface area contributed by atoms with E-state index in [0.29, 0.717) is 5.56 Å². The van der Waals surface area contributed by atoms with Crippen LogP contribution in [0.4, 0.5) is 0 Å². The Morgan fingerprint density at radius 2 is 1.69 bits per heavy atom. The molecule has 2 heterocycles. The molecule has 196 valence electrons. The zero-order chi connectivity index (χ0) is 25.9. The third-order valence-electron chi connectivity index (χ3n) is 5.69. The minimum absolute atomic E-state index is 0.342. The highest BCUT2D eigenvalue weighted by atomic mass is 16.8. The molecule has 0 radical (unpaired) electrons. The van der Waals surface area contributed by atoms with E-state index in [4.69, 9.17) is 18.9 Å². The van der Waals surface area contributed by atoms with Gasteiger partial charge in [0.25, 0.3) is 0 Å². The van der Waals surface area contributed by atoms with Crippen molar-refractivity contribution in [2.45, 2.75) is 54.8 Å². The molecular weight excluding hydrogens is 476 g/mol. The maximum atomic E-state index is 12.0. The van der Waals surface area contributed by atoms with Crippen molar-refractivity contribution in [1.29, 1.82) is 0 Å². The lowest BCUT2D eigenvalue weighted by Crippen LogP contribution is -2.62. The Kier molecular flexibility index (Phi) is 8.66. The molecule has 35 heavy (non-hydrogen) atoms. The number of aliphatic hydroxyl groups is 7. The van der Waals surface area contributed by atoms with Crippen molar-refractivity contribution >= 4 is 12.0 Å². The summed E-state index contributed by atoms with van der Waals surface area (Å²) in [6.07, 6.45) is -11.3. The zero-order valence-electron chi connectivity index (χ0n) is 18.2. The average molecular weight is 504 g/mol. The van der Waals surface area contributed by atoms with Crippen molar-refractivity contribution in [2.75, 3.05) is 19.8 Å². The van der Waals surface area contributed by atoms with Gasteiger partial charge in [0.2, 0.25) is 5.79 Å². The fraction of sp³-hybridized carbons (Fsp3) is 0.571. The fourth-order valence-electron chi connectivity index (χ4n) is 3.64. The third kappa shape index (κ3) is 5.73. The van der Waals surface area contributed by atoms with Gasteiger partial charge in [-0.15, -0.1) is 0 Å². The molecule has 0 aliphatic carbocycles. The first-order valence-corrected chi connectivity index (χ1v) is 10.5. The highest BCUT2D eigenvalue weighted by molar-refractivity contribution is 5.87. The van der Waals surface area contributed by atoms with Gasteiger partial charge >= 0.3 is 5.97 Å². The van der Waals surface area contributed by atoms with Gasteiger partial charge < -0.3 is 64.9 Å². The van der Waals surface area contributed by atoms with Crippen LogP contribution in [-0.2, 0) is 23.7 Å². The van der Waals surface area contributed by atoms with Gasteiger partial charge in [-0.25, -0.2) is 4.79 Å². The first kappa shape index (κ1) is 27.2.